The van der Waals surface area contributed by atoms with Crippen molar-refractivity contribution in [1.29, 1.82) is 0 Å². The van der Waals surface area contributed by atoms with Crippen LogP contribution in [0.2, 0.25) is 5.15 Å². The predicted octanol–water partition coefficient (Wildman–Crippen LogP) is 1.72. The van der Waals surface area contributed by atoms with Crippen LogP contribution in [-0.2, 0) is 9.53 Å². The summed E-state index contributed by atoms with van der Waals surface area (Å²) in [5.74, 6) is -1.57. The van der Waals surface area contributed by atoms with Crippen LogP contribution in [0.5, 0.6) is 0 Å². The molecule has 2 rings (SSSR count). The predicted molar refractivity (Wildman–Crippen MR) is 77.5 cm³/mol. The van der Waals surface area contributed by atoms with E-state index >= 15 is 0 Å². The molecule has 0 radical (unpaired) electrons. The van der Waals surface area contributed by atoms with Crippen molar-refractivity contribution in [2.24, 2.45) is 0 Å². The lowest BCUT2D eigenvalue weighted by Crippen LogP contribution is -2.37. The van der Waals surface area contributed by atoms with Gasteiger partial charge in [-0.15, -0.1) is 0 Å². The molecular weight excluding hydrogens is 296 g/mol. The zero-order chi connectivity index (χ0) is 15.4. The van der Waals surface area contributed by atoms with Gasteiger partial charge < -0.3 is 15.2 Å². The Balaban J connectivity index is 2.24. The third kappa shape index (κ3) is 3.29. The Morgan fingerprint density at radius 2 is 2.05 bits per heavy atom. The lowest BCUT2D eigenvalue weighted by molar-refractivity contribution is -0.148. The largest absolute Gasteiger partial charge is 0.479 e. The number of hydrogen-bond donors (Lipinski definition) is 2. The van der Waals surface area contributed by atoms with E-state index in [0.717, 1.165) is 0 Å². The van der Waals surface area contributed by atoms with Gasteiger partial charge in [-0.1, -0.05) is 35.9 Å². The number of aliphatic carboxylic acids is 1. The molecule has 110 valence electrons. The number of carbonyl (C=O) groups excluding carboxylic acids is 1. The van der Waals surface area contributed by atoms with E-state index in [4.69, 9.17) is 21.4 Å². The average Bonchev–Trinajstić information content (AvgIpc) is 2.48. The number of carboxylic acid groups (broad SMARTS) is 1. The Kier molecular flexibility index (Phi) is 4.72. The van der Waals surface area contributed by atoms with Gasteiger partial charge in [0.25, 0.3) is 5.91 Å². The first-order valence-corrected chi connectivity index (χ1v) is 6.49. The minimum atomic E-state index is -1.14. The van der Waals surface area contributed by atoms with Crippen molar-refractivity contribution in [3.05, 3.63) is 41.2 Å². The Morgan fingerprint density at radius 3 is 2.67 bits per heavy atom. The highest BCUT2D eigenvalue weighted by Gasteiger charge is 2.19. The molecule has 21 heavy (non-hydrogen) atoms. The lowest BCUT2D eigenvalue weighted by atomic mass is 10.1. The second-order valence-electron chi connectivity index (χ2n) is 4.28. The molecule has 1 atom stereocenters. The van der Waals surface area contributed by atoms with Crippen molar-refractivity contribution in [2.75, 3.05) is 13.7 Å². The number of pyridine rings is 1. The highest BCUT2D eigenvalue weighted by molar-refractivity contribution is 6.34. The van der Waals surface area contributed by atoms with Crippen molar-refractivity contribution in [1.82, 2.24) is 10.3 Å². The monoisotopic (exact) mass is 308 g/mol. The van der Waals surface area contributed by atoms with Crippen LogP contribution in [0.15, 0.2) is 30.5 Å². The Labute approximate surface area is 125 Å². The molecule has 2 aromatic rings. The lowest BCUT2D eigenvalue weighted by Gasteiger charge is -2.12. The third-order valence-electron chi connectivity index (χ3n) is 3.00. The number of nitrogens with zero attached hydrogens (tertiary/aromatic N) is 1. The van der Waals surface area contributed by atoms with Gasteiger partial charge in [-0.3, -0.25) is 4.79 Å². The van der Waals surface area contributed by atoms with E-state index in [1.54, 1.807) is 24.3 Å². The molecule has 2 N–H and O–H groups in total. The van der Waals surface area contributed by atoms with Gasteiger partial charge in [0.05, 0.1) is 12.1 Å². The standard InChI is InChI=1S/C14H13ClN2O4/c1-21-11(14(19)20)7-17-13(18)10-6-16-12(15)9-5-3-2-4-8(9)10/h2-6,11H,7H2,1H3,(H,17,18)(H,19,20). The quantitative estimate of drug-likeness (QED) is 0.821. The van der Waals surface area contributed by atoms with Gasteiger partial charge in [-0.25, -0.2) is 9.78 Å². The van der Waals surface area contributed by atoms with Gasteiger partial charge in [-0.05, 0) is 5.39 Å². The van der Waals surface area contributed by atoms with Crippen LogP contribution >= 0.6 is 11.6 Å². The van der Waals surface area contributed by atoms with Crippen LogP contribution in [0.25, 0.3) is 10.8 Å². The van der Waals surface area contributed by atoms with E-state index in [-0.39, 0.29) is 6.54 Å². The van der Waals surface area contributed by atoms with Gasteiger partial charge in [0.15, 0.2) is 6.10 Å². The van der Waals surface area contributed by atoms with Crippen LogP contribution in [0.4, 0.5) is 0 Å². The molecule has 1 amide bonds. The van der Waals surface area contributed by atoms with Gasteiger partial charge in [0.2, 0.25) is 0 Å². The average molecular weight is 309 g/mol. The highest BCUT2D eigenvalue weighted by atomic mass is 35.5. The van der Waals surface area contributed by atoms with Crippen LogP contribution < -0.4 is 5.32 Å². The fraction of sp³-hybridized carbons (Fsp3) is 0.214. The normalized spacial score (nSPS) is 12.1. The summed E-state index contributed by atoms with van der Waals surface area (Å²) in [6.45, 7) is -0.137. The number of carbonyl (C=O) groups is 2. The molecule has 7 heteroatoms. The molecule has 0 aliphatic heterocycles. The number of hydrogen-bond acceptors (Lipinski definition) is 4. The van der Waals surface area contributed by atoms with Crippen LogP contribution in [0.1, 0.15) is 10.4 Å². The van der Waals surface area contributed by atoms with Gasteiger partial charge >= 0.3 is 5.97 Å². The molecule has 0 saturated heterocycles. The minimum Gasteiger partial charge on any atom is -0.479 e. The van der Waals surface area contributed by atoms with Crippen LogP contribution in [0, 0.1) is 0 Å². The molecule has 0 aliphatic carbocycles. The fourth-order valence-corrected chi connectivity index (χ4v) is 2.10. The number of halogens is 1. The summed E-state index contributed by atoms with van der Waals surface area (Å²) in [5.41, 5.74) is 0.329. The topological polar surface area (TPSA) is 88.5 Å². The number of aromatic nitrogens is 1. The first-order chi connectivity index (χ1) is 10.0. The van der Waals surface area contributed by atoms with E-state index in [2.05, 4.69) is 10.3 Å². The van der Waals surface area contributed by atoms with Crippen molar-refractivity contribution in [3.63, 3.8) is 0 Å². The van der Waals surface area contributed by atoms with Crippen molar-refractivity contribution in [2.45, 2.75) is 6.10 Å². The van der Waals surface area contributed by atoms with Crippen LogP contribution in [-0.4, -0.2) is 41.7 Å². The second-order valence-corrected chi connectivity index (χ2v) is 4.64. The molecule has 1 aromatic carbocycles. The summed E-state index contributed by atoms with van der Waals surface area (Å²) in [6, 6.07) is 7.09. The molecule has 0 bridgehead atoms. The molecule has 0 aliphatic rings. The summed E-state index contributed by atoms with van der Waals surface area (Å²) < 4.78 is 4.75. The number of nitrogens with one attached hydrogen (secondary N) is 1. The molecule has 1 aromatic heterocycles. The molecule has 6 nitrogen and oxygen atoms in total. The number of methoxy groups -OCH3 is 1. The number of carboxylic acids is 1. The smallest absolute Gasteiger partial charge is 0.334 e. The number of rotatable bonds is 5. The minimum absolute atomic E-state index is 0.137. The SMILES string of the molecule is COC(CNC(=O)c1cnc(Cl)c2ccccc12)C(=O)O. The highest BCUT2D eigenvalue weighted by Crippen LogP contribution is 2.24. The fourth-order valence-electron chi connectivity index (χ4n) is 1.89. The Bertz CT molecular complexity index is 690. The van der Waals surface area contributed by atoms with Crippen molar-refractivity contribution < 1.29 is 19.4 Å². The second kappa shape index (κ2) is 6.51. The summed E-state index contributed by atoms with van der Waals surface area (Å²) in [4.78, 5) is 27.0. The van der Waals surface area contributed by atoms with E-state index in [1.807, 2.05) is 0 Å². The number of fused-ring (bicyclic) bond motifs is 1. The summed E-state index contributed by atoms with van der Waals surface area (Å²) in [6.07, 6.45) is 0.267. The first kappa shape index (κ1) is 15.2. The van der Waals surface area contributed by atoms with E-state index in [0.29, 0.717) is 21.5 Å². The number of ether oxygens (including phenoxy) is 1. The molecule has 0 fully saturated rings. The molecule has 0 saturated carbocycles. The van der Waals surface area contributed by atoms with Gasteiger partial charge in [0.1, 0.15) is 5.15 Å². The Morgan fingerprint density at radius 1 is 1.38 bits per heavy atom. The van der Waals surface area contributed by atoms with Gasteiger partial charge in [-0.2, -0.15) is 0 Å². The first-order valence-electron chi connectivity index (χ1n) is 6.11. The van der Waals surface area contributed by atoms with E-state index in [1.165, 1.54) is 13.3 Å². The summed E-state index contributed by atoms with van der Waals surface area (Å²) in [5, 5.41) is 13.0. The number of amides is 1. The number of benzene rings is 1. The summed E-state index contributed by atoms with van der Waals surface area (Å²) in [7, 11) is 1.27. The van der Waals surface area contributed by atoms with Crippen molar-refractivity contribution >= 4 is 34.2 Å². The Hall–Kier alpha value is -2.18. The zero-order valence-electron chi connectivity index (χ0n) is 11.2. The molecule has 0 spiro atoms. The van der Waals surface area contributed by atoms with Gasteiger partial charge in [0, 0.05) is 18.7 Å². The molecule has 1 heterocycles. The van der Waals surface area contributed by atoms with Crippen LogP contribution in [0.3, 0.4) is 0 Å². The van der Waals surface area contributed by atoms with Crippen molar-refractivity contribution in [3.8, 4) is 0 Å². The maximum absolute atomic E-state index is 12.2. The zero-order valence-corrected chi connectivity index (χ0v) is 11.9. The maximum atomic E-state index is 12.2. The molecule has 1 unspecified atom stereocenters. The van der Waals surface area contributed by atoms with E-state index < -0.39 is 18.0 Å². The third-order valence-corrected chi connectivity index (χ3v) is 3.30. The molecular formula is C14H13ClN2O4. The summed E-state index contributed by atoms with van der Waals surface area (Å²) >= 11 is 5.98. The maximum Gasteiger partial charge on any atom is 0.334 e. The van der Waals surface area contributed by atoms with E-state index in [9.17, 15) is 9.59 Å².